The van der Waals surface area contributed by atoms with Crippen molar-refractivity contribution in [1.82, 2.24) is 14.8 Å². The average molecular weight is 192 g/mol. The first-order chi connectivity index (χ1) is 6.66. The molecule has 74 valence electrons. The summed E-state index contributed by atoms with van der Waals surface area (Å²) in [6, 6.07) is 4.45. The summed E-state index contributed by atoms with van der Waals surface area (Å²) < 4.78 is 6.85. The van der Waals surface area contributed by atoms with Crippen molar-refractivity contribution >= 4 is 6.01 Å². The average Bonchev–Trinajstić information content (AvgIpc) is 2.67. The van der Waals surface area contributed by atoms with Gasteiger partial charge in [0.1, 0.15) is 0 Å². The molecule has 0 radical (unpaired) electrons. The molecule has 2 heterocycles. The van der Waals surface area contributed by atoms with Gasteiger partial charge < -0.3 is 4.52 Å². The van der Waals surface area contributed by atoms with Gasteiger partial charge in [0, 0.05) is 11.4 Å². The van der Waals surface area contributed by atoms with E-state index in [9.17, 15) is 0 Å². The monoisotopic (exact) mass is 192 g/mol. The van der Waals surface area contributed by atoms with Crippen LogP contribution in [0.4, 0.5) is 6.01 Å². The van der Waals surface area contributed by atoms with Gasteiger partial charge in [-0.05, 0) is 32.9 Å². The predicted octanol–water partition coefficient (Wildman–Crippen LogP) is 1.67. The lowest BCUT2D eigenvalue weighted by atomic mass is 10.5. The molecule has 0 fully saturated rings. The Hall–Kier alpha value is -1.78. The molecule has 0 saturated carbocycles. The molecule has 2 aromatic heterocycles. The van der Waals surface area contributed by atoms with E-state index in [4.69, 9.17) is 4.52 Å². The summed E-state index contributed by atoms with van der Waals surface area (Å²) >= 11 is 0. The Morgan fingerprint density at radius 3 is 2.36 bits per heavy atom. The highest BCUT2D eigenvalue weighted by atomic mass is 16.5. The number of aryl methyl sites for hydroxylation is 3. The second-order valence-corrected chi connectivity index (χ2v) is 3.21. The van der Waals surface area contributed by atoms with Crippen LogP contribution < -0.4 is 5.43 Å². The van der Waals surface area contributed by atoms with Crippen LogP contribution in [-0.4, -0.2) is 14.8 Å². The molecule has 0 bridgehead atoms. The van der Waals surface area contributed by atoms with Crippen molar-refractivity contribution in [2.45, 2.75) is 20.8 Å². The lowest BCUT2D eigenvalue weighted by Gasteiger charge is -2.07. The number of nitrogens with one attached hydrogen (secondary N) is 1. The van der Waals surface area contributed by atoms with E-state index in [0.29, 0.717) is 11.8 Å². The smallest absolute Gasteiger partial charge is 0.314 e. The molecule has 0 aliphatic rings. The molecule has 2 rings (SSSR count). The standard InChI is InChI=1S/C9H12N4O/c1-6-4-5-7(2)13(6)11-9-10-8(3)12-14-9/h4-5H,1-3H3,(H,10,11,12). The van der Waals surface area contributed by atoms with Gasteiger partial charge in [0.2, 0.25) is 0 Å². The molecule has 1 N–H and O–H groups in total. The van der Waals surface area contributed by atoms with Crippen LogP contribution in [0.2, 0.25) is 0 Å². The summed E-state index contributed by atoms with van der Waals surface area (Å²) in [6.45, 7) is 5.79. The van der Waals surface area contributed by atoms with Gasteiger partial charge in [-0.3, -0.25) is 4.68 Å². The molecular weight excluding hydrogens is 180 g/mol. The first-order valence-corrected chi connectivity index (χ1v) is 4.39. The van der Waals surface area contributed by atoms with Gasteiger partial charge in [-0.25, -0.2) is 5.43 Å². The first-order valence-electron chi connectivity index (χ1n) is 4.39. The van der Waals surface area contributed by atoms with E-state index >= 15 is 0 Å². The summed E-state index contributed by atoms with van der Waals surface area (Å²) in [5, 5.41) is 3.69. The minimum absolute atomic E-state index is 0.407. The first kappa shape index (κ1) is 8.80. The highest BCUT2D eigenvalue weighted by Crippen LogP contribution is 2.09. The zero-order valence-corrected chi connectivity index (χ0v) is 8.40. The fraction of sp³-hybridized carbons (Fsp3) is 0.333. The van der Waals surface area contributed by atoms with Crippen LogP contribution in [0.3, 0.4) is 0 Å². The fourth-order valence-corrected chi connectivity index (χ4v) is 1.28. The number of nitrogens with zero attached hydrogens (tertiary/aromatic N) is 3. The van der Waals surface area contributed by atoms with Gasteiger partial charge >= 0.3 is 6.01 Å². The summed E-state index contributed by atoms with van der Waals surface area (Å²) in [4.78, 5) is 4.06. The van der Waals surface area contributed by atoms with Gasteiger partial charge in [-0.1, -0.05) is 5.16 Å². The maximum atomic E-state index is 4.95. The maximum absolute atomic E-state index is 4.95. The van der Waals surface area contributed by atoms with Crippen molar-refractivity contribution in [2.75, 3.05) is 5.43 Å². The Balaban J connectivity index is 2.26. The molecule has 0 aliphatic carbocycles. The van der Waals surface area contributed by atoms with Gasteiger partial charge in [-0.2, -0.15) is 4.98 Å². The van der Waals surface area contributed by atoms with Gasteiger partial charge in [0.05, 0.1) is 0 Å². The van der Waals surface area contributed by atoms with E-state index in [2.05, 4.69) is 15.6 Å². The molecule has 0 aromatic carbocycles. The molecule has 2 aromatic rings. The van der Waals surface area contributed by atoms with Crippen LogP contribution in [0.5, 0.6) is 0 Å². The van der Waals surface area contributed by atoms with Gasteiger partial charge in [-0.15, -0.1) is 0 Å². The van der Waals surface area contributed by atoms with Gasteiger partial charge in [0.15, 0.2) is 5.82 Å². The quantitative estimate of drug-likeness (QED) is 0.786. The number of rotatable bonds is 2. The summed E-state index contributed by atoms with van der Waals surface area (Å²) in [5.74, 6) is 0.620. The second kappa shape index (κ2) is 3.17. The number of hydrogen-bond acceptors (Lipinski definition) is 4. The van der Waals surface area contributed by atoms with Crippen LogP contribution in [0, 0.1) is 20.8 Å². The minimum atomic E-state index is 0.407. The number of anilines is 1. The second-order valence-electron chi connectivity index (χ2n) is 3.21. The Morgan fingerprint density at radius 1 is 1.21 bits per heavy atom. The van der Waals surface area contributed by atoms with Crippen LogP contribution in [-0.2, 0) is 0 Å². The maximum Gasteiger partial charge on any atom is 0.340 e. The Kier molecular flexibility index (Phi) is 1.99. The fourth-order valence-electron chi connectivity index (χ4n) is 1.28. The predicted molar refractivity (Wildman–Crippen MR) is 52.0 cm³/mol. The lowest BCUT2D eigenvalue weighted by Crippen LogP contribution is -2.12. The molecule has 0 saturated heterocycles. The molecule has 0 spiro atoms. The molecule has 0 unspecified atom stereocenters. The normalized spacial score (nSPS) is 10.5. The van der Waals surface area contributed by atoms with E-state index < -0.39 is 0 Å². The zero-order chi connectivity index (χ0) is 10.1. The number of hydrogen-bond donors (Lipinski definition) is 1. The van der Waals surface area contributed by atoms with Crippen molar-refractivity contribution in [3.8, 4) is 0 Å². The zero-order valence-electron chi connectivity index (χ0n) is 8.40. The highest BCUT2D eigenvalue weighted by Gasteiger charge is 2.05. The van der Waals surface area contributed by atoms with E-state index in [1.54, 1.807) is 6.92 Å². The Morgan fingerprint density at radius 2 is 1.86 bits per heavy atom. The van der Waals surface area contributed by atoms with E-state index in [1.807, 2.05) is 30.7 Å². The molecule has 0 atom stereocenters. The highest BCUT2D eigenvalue weighted by molar-refractivity contribution is 5.24. The molecular formula is C9H12N4O. The van der Waals surface area contributed by atoms with Crippen molar-refractivity contribution in [2.24, 2.45) is 0 Å². The molecule has 5 nitrogen and oxygen atoms in total. The van der Waals surface area contributed by atoms with Gasteiger partial charge in [0.25, 0.3) is 0 Å². The van der Waals surface area contributed by atoms with Crippen LogP contribution in [0.1, 0.15) is 17.2 Å². The third-order valence-corrected chi connectivity index (χ3v) is 2.01. The van der Waals surface area contributed by atoms with E-state index in [1.165, 1.54) is 0 Å². The molecule has 0 aliphatic heterocycles. The van der Waals surface area contributed by atoms with E-state index in [0.717, 1.165) is 11.4 Å². The molecule has 0 amide bonds. The minimum Gasteiger partial charge on any atom is -0.314 e. The summed E-state index contributed by atoms with van der Waals surface area (Å²) in [6.07, 6.45) is 0. The van der Waals surface area contributed by atoms with Crippen LogP contribution in [0.25, 0.3) is 0 Å². The Bertz CT molecular complexity index is 424. The summed E-state index contributed by atoms with van der Waals surface area (Å²) in [7, 11) is 0. The van der Waals surface area contributed by atoms with Crippen LogP contribution in [0.15, 0.2) is 16.7 Å². The van der Waals surface area contributed by atoms with Crippen molar-refractivity contribution in [3.05, 3.63) is 29.3 Å². The SMILES string of the molecule is Cc1noc(Nn2c(C)ccc2C)n1. The third kappa shape index (κ3) is 1.48. The molecule has 14 heavy (non-hydrogen) atoms. The van der Waals surface area contributed by atoms with Crippen molar-refractivity contribution in [1.29, 1.82) is 0 Å². The third-order valence-electron chi connectivity index (χ3n) is 2.01. The van der Waals surface area contributed by atoms with Crippen molar-refractivity contribution in [3.63, 3.8) is 0 Å². The largest absolute Gasteiger partial charge is 0.340 e. The number of aromatic nitrogens is 3. The summed E-state index contributed by atoms with van der Waals surface area (Å²) in [5.41, 5.74) is 5.21. The van der Waals surface area contributed by atoms with Crippen LogP contribution >= 0.6 is 0 Å². The Labute approximate surface area is 81.7 Å². The topological polar surface area (TPSA) is 55.9 Å². The van der Waals surface area contributed by atoms with Crippen molar-refractivity contribution < 1.29 is 4.52 Å². The molecule has 5 heteroatoms. The van der Waals surface area contributed by atoms with E-state index in [-0.39, 0.29) is 0 Å². The lowest BCUT2D eigenvalue weighted by molar-refractivity contribution is 0.422.